The van der Waals surface area contributed by atoms with E-state index in [-0.39, 0.29) is 0 Å². The third-order valence-electron chi connectivity index (χ3n) is 3.20. The number of rotatable bonds is 2. The quantitative estimate of drug-likeness (QED) is 0.875. The lowest BCUT2D eigenvalue weighted by Gasteiger charge is -2.27. The Bertz CT molecular complexity index is 549. The van der Waals surface area contributed by atoms with Gasteiger partial charge in [-0.15, -0.1) is 0 Å². The zero-order chi connectivity index (χ0) is 13.1. The Kier molecular flexibility index (Phi) is 3.37. The van der Waals surface area contributed by atoms with Gasteiger partial charge in [-0.05, 0) is 25.1 Å². The molecule has 5 nitrogen and oxygen atoms in total. The van der Waals surface area contributed by atoms with Crippen molar-refractivity contribution < 1.29 is 0 Å². The minimum atomic E-state index is 0.820. The fourth-order valence-electron chi connectivity index (χ4n) is 2.22. The summed E-state index contributed by atoms with van der Waals surface area (Å²) in [6.07, 6.45) is 3.61. The summed E-state index contributed by atoms with van der Waals surface area (Å²) >= 11 is 0. The average Bonchev–Trinajstić information content (AvgIpc) is 2.48. The number of hydrogen-bond acceptors (Lipinski definition) is 5. The number of piperazine rings is 1. The van der Waals surface area contributed by atoms with E-state index in [1.807, 2.05) is 31.3 Å². The summed E-state index contributed by atoms with van der Waals surface area (Å²) in [4.78, 5) is 15.6. The molecule has 0 spiro atoms. The summed E-state index contributed by atoms with van der Waals surface area (Å²) in [5, 5.41) is 3.34. The number of nitrogens with zero attached hydrogens (tertiary/aromatic N) is 4. The third-order valence-corrected chi connectivity index (χ3v) is 3.20. The van der Waals surface area contributed by atoms with E-state index >= 15 is 0 Å². The monoisotopic (exact) mass is 255 g/mol. The molecule has 0 aliphatic carbocycles. The molecule has 1 fully saturated rings. The lowest BCUT2D eigenvalue weighted by atomic mass is 10.2. The van der Waals surface area contributed by atoms with Crippen LogP contribution < -0.4 is 10.2 Å². The molecule has 0 radical (unpaired) electrons. The summed E-state index contributed by atoms with van der Waals surface area (Å²) in [7, 11) is 0. The van der Waals surface area contributed by atoms with Crippen LogP contribution in [-0.2, 0) is 0 Å². The molecule has 1 aliphatic rings. The summed E-state index contributed by atoms with van der Waals surface area (Å²) in [5.41, 5.74) is 2.96. The van der Waals surface area contributed by atoms with Gasteiger partial charge in [0, 0.05) is 49.8 Å². The summed E-state index contributed by atoms with van der Waals surface area (Å²) in [6, 6.07) is 5.95. The molecule has 2 aromatic rings. The van der Waals surface area contributed by atoms with Gasteiger partial charge in [0.15, 0.2) is 0 Å². The van der Waals surface area contributed by atoms with E-state index in [0.29, 0.717) is 0 Å². The highest BCUT2D eigenvalue weighted by Gasteiger charge is 2.14. The highest BCUT2D eigenvalue weighted by atomic mass is 15.3. The van der Waals surface area contributed by atoms with Crippen LogP contribution in [0.4, 0.5) is 5.95 Å². The first-order valence-electron chi connectivity index (χ1n) is 6.55. The fourth-order valence-corrected chi connectivity index (χ4v) is 2.22. The minimum absolute atomic E-state index is 0.820. The topological polar surface area (TPSA) is 53.9 Å². The number of aryl methyl sites for hydroxylation is 1. The van der Waals surface area contributed by atoms with Gasteiger partial charge in [0.25, 0.3) is 0 Å². The van der Waals surface area contributed by atoms with Gasteiger partial charge in [-0.1, -0.05) is 0 Å². The Balaban J connectivity index is 1.96. The lowest BCUT2D eigenvalue weighted by molar-refractivity contribution is 0.579. The Morgan fingerprint density at radius 2 is 2.05 bits per heavy atom. The minimum Gasteiger partial charge on any atom is -0.338 e. The predicted molar refractivity (Wildman–Crippen MR) is 75.1 cm³/mol. The third kappa shape index (κ3) is 2.71. The molecule has 1 aliphatic heterocycles. The van der Waals surface area contributed by atoms with Crippen LogP contribution in [0.25, 0.3) is 11.3 Å². The van der Waals surface area contributed by atoms with Crippen LogP contribution in [0.1, 0.15) is 5.69 Å². The van der Waals surface area contributed by atoms with Crippen molar-refractivity contribution in [1.29, 1.82) is 0 Å². The average molecular weight is 255 g/mol. The van der Waals surface area contributed by atoms with Crippen LogP contribution in [0.2, 0.25) is 0 Å². The van der Waals surface area contributed by atoms with Crippen LogP contribution in [-0.4, -0.2) is 41.1 Å². The van der Waals surface area contributed by atoms with E-state index in [1.165, 1.54) is 0 Å². The van der Waals surface area contributed by atoms with Gasteiger partial charge in [0.1, 0.15) is 0 Å². The van der Waals surface area contributed by atoms with Crippen molar-refractivity contribution >= 4 is 5.95 Å². The van der Waals surface area contributed by atoms with Gasteiger partial charge in [-0.2, -0.15) is 0 Å². The molecule has 1 saturated heterocycles. The van der Waals surface area contributed by atoms with E-state index < -0.39 is 0 Å². The fraction of sp³-hybridized carbons (Fsp3) is 0.357. The number of nitrogens with one attached hydrogen (secondary N) is 1. The second kappa shape index (κ2) is 5.32. The van der Waals surface area contributed by atoms with Crippen molar-refractivity contribution in [3.63, 3.8) is 0 Å². The van der Waals surface area contributed by atoms with Gasteiger partial charge in [-0.3, -0.25) is 4.98 Å². The molecule has 3 rings (SSSR count). The van der Waals surface area contributed by atoms with E-state index in [4.69, 9.17) is 0 Å². The molecular weight excluding hydrogens is 238 g/mol. The van der Waals surface area contributed by atoms with Crippen LogP contribution >= 0.6 is 0 Å². The first-order chi connectivity index (χ1) is 9.33. The number of hydrogen-bond donors (Lipinski definition) is 1. The normalized spacial score (nSPS) is 15.5. The van der Waals surface area contributed by atoms with Gasteiger partial charge in [0.2, 0.25) is 5.95 Å². The molecule has 19 heavy (non-hydrogen) atoms. The van der Waals surface area contributed by atoms with Gasteiger partial charge in [0.05, 0.1) is 5.69 Å². The molecule has 98 valence electrons. The maximum Gasteiger partial charge on any atom is 0.226 e. The molecule has 0 atom stereocenters. The molecule has 0 bridgehead atoms. The van der Waals surface area contributed by atoms with Crippen LogP contribution in [0.15, 0.2) is 30.6 Å². The lowest BCUT2D eigenvalue weighted by Crippen LogP contribution is -2.44. The van der Waals surface area contributed by atoms with Gasteiger partial charge in [-0.25, -0.2) is 9.97 Å². The largest absolute Gasteiger partial charge is 0.338 e. The van der Waals surface area contributed by atoms with Crippen molar-refractivity contribution in [3.8, 4) is 11.3 Å². The summed E-state index contributed by atoms with van der Waals surface area (Å²) in [6.45, 7) is 5.89. The maximum atomic E-state index is 4.67. The second-order valence-electron chi connectivity index (χ2n) is 4.67. The second-order valence-corrected chi connectivity index (χ2v) is 4.67. The van der Waals surface area contributed by atoms with E-state index in [9.17, 15) is 0 Å². The Morgan fingerprint density at radius 3 is 2.79 bits per heavy atom. The molecule has 2 aromatic heterocycles. The van der Waals surface area contributed by atoms with Crippen molar-refractivity contribution in [1.82, 2.24) is 20.3 Å². The highest BCUT2D eigenvalue weighted by molar-refractivity contribution is 5.59. The van der Waals surface area contributed by atoms with Gasteiger partial charge >= 0.3 is 0 Å². The summed E-state index contributed by atoms with van der Waals surface area (Å²) in [5.74, 6) is 0.820. The van der Waals surface area contributed by atoms with Gasteiger partial charge < -0.3 is 10.2 Å². The molecule has 3 heterocycles. The number of pyridine rings is 1. The zero-order valence-corrected chi connectivity index (χ0v) is 11.0. The van der Waals surface area contributed by atoms with Crippen molar-refractivity contribution in [3.05, 3.63) is 36.3 Å². The standard InChI is InChI=1S/C14H17N5/c1-11-9-13(12-3-2-4-16-10-12)18-14(17-11)19-7-5-15-6-8-19/h2-4,9-10,15H,5-8H2,1H3. The highest BCUT2D eigenvalue weighted by Crippen LogP contribution is 2.19. The summed E-state index contributed by atoms with van der Waals surface area (Å²) < 4.78 is 0. The maximum absolute atomic E-state index is 4.67. The van der Waals surface area contributed by atoms with Crippen molar-refractivity contribution in [2.75, 3.05) is 31.1 Å². The Labute approximate surface area is 112 Å². The molecule has 0 amide bonds. The first-order valence-corrected chi connectivity index (χ1v) is 6.55. The Hall–Kier alpha value is -2.01. The SMILES string of the molecule is Cc1cc(-c2cccnc2)nc(N2CCNCC2)n1. The molecule has 5 heteroatoms. The smallest absolute Gasteiger partial charge is 0.226 e. The zero-order valence-electron chi connectivity index (χ0n) is 11.0. The van der Waals surface area contributed by atoms with E-state index in [0.717, 1.165) is 49.1 Å². The molecular formula is C14H17N5. The number of anilines is 1. The molecule has 1 N–H and O–H groups in total. The van der Waals surface area contributed by atoms with Crippen LogP contribution in [0.3, 0.4) is 0 Å². The predicted octanol–water partition coefficient (Wildman–Crippen LogP) is 1.26. The molecule has 0 unspecified atom stereocenters. The van der Waals surface area contributed by atoms with Crippen LogP contribution in [0.5, 0.6) is 0 Å². The van der Waals surface area contributed by atoms with Crippen molar-refractivity contribution in [2.45, 2.75) is 6.92 Å². The van der Waals surface area contributed by atoms with E-state index in [2.05, 4.69) is 25.2 Å². The molecule has 0 aromatic carbocycles. The van der Waals surface area contributed by atoms with E-state index in [1.54, 1.807) is 6.20 Å². The first kappa shape index (κ1) is 12.0. The van der Waals surface area contributed by atoms with Crippen molar-refractivity contribution in [2.24, 2.45) is 0 Å². The molecule has 0 saturated carbocycles. The number of aromatic nitrogens is 3. The van der Waals surface area contributed by atoms with Crippen LogP contribution in [0, 0.1) is 6.92 Å². The Morgan fingerprint density at radius 1 is 1.21 bits per heavy atom.